The molecule has 0 atom stereocenters. The molecule has 32 heavy (non-hydrogen) atoms. The van der Waals surface area contributed by atoms with Gasteiger partial charge in [0.15, 0.2) is 0 Å². The van der Waals surface area contributed by atoms with Crippen molar-refractivity contribution in [1.29, 1.82) is 5.41 Å². The monoisotopic (exact) mass is 456 g/mol. The van der Waals surface area contributed by atoms with Crippen LogP contribution in [0.5, 0.6) is 0 Å². The van der Waals surface area contributed by atoms with E-state index in [0.717, 1.165) is 28.4 Å². The van der Waals surface area contributed by atoms with E-state index in [2.05, 4.69) is 10.6 Å². The number of benzene rings is 2. The fraction of sp³-hybridized carbons (Fsp3) is 0.217. The second kappa shape index (κ2) is 7.37. The lowest BCUT2D eigenvalue weighted by atomic mass is 9.93. The molecule has 5 rings (SSSR count). The van der Waals surface area contributed by atoms with Crippen molar-refractivity contribution in [2.45, 2.75) is 24.4 Å². The Morgan fingerprint density at radius 3 is 2.56 bits per heavy atom. The van der Waals surface area contributed by atoms with Crippen LogP contribution >= 0.6 is 11.3 Å². The van der Waals surface area contributed by atoms with Crippen molar-refractivity contribution >= 4 is 39.5 Å². The van der Waals surface area contributed by atoms with Crippen LogP contribution in [-0.2, 0) is 16.4 Å². The summed E-state index contributed by atoms with van der Waals surface area (Å²) in [5.41, 5.74) is 0.927. The highest BCUT2D eigenvalue weighted by Crippen LogP contribution is 2.50. The lowest BCUT2D eigenvalue weighted by Gasteiger charge is -2.30. The summed E-state index contributed by atoms with van der Waals surface area (Å²) < 4.78 is 39.3. The van der Waals surface area contributed by atoms with Crippen LogP contribution in [-0.4, -0.2) is 18.4 Å². The van der Waals surface area contributed by atoms with E-state index in [0.29, 0.717) is 36.6 Å². The molecule has 3 aromatic rings. The number of thiophene rings is 1. The molecular formula is C23H19F3N4OS. The Kier molecular flexibility index (Phi) is 4.74. The largest absolute Gasteiger partial charge is 0.416 e. The molecule has 2 aliphatic rings. The molecule has 1 fully saturated rings. The molecule has 3 N–H and O–H groups in total. The molecule has 164 valence electrons. The van der Waals surface area contributed by atoms with Crippen molar-refractivity contribution in [2.75, 3.05) is 22.2 Å². The van der Waals surface area contributed by atoms with Gasteiger partial charge in [-0.2, -0.15) is 13.2 Å². The highest BCUT2D eigenvalue weighted by Gasteiger charge is 2.51. The first-order chi connectivity index (χ1) is 15.3. The second-order valence-corrected chi connectivity index (χ2v) is 8.85. The maximum Gasteiger partial charge on any atom is 0.416 e. The predicted molar refractivity (Wildman–Crippen MR) is 120 cm³/mol. The first-order valence-corrected chi connectivity index (χ1v) is 10.9. The van der Waals surface area contributed by atoms with Crippen molar-refractivity contribution in [3.05, 3.63) is 76.7 Å². The fourth-order valence-corrected chi connectivity index (χ4v) is 4.75. The molecule has 9 heteroatoms. The van der Waals surface area contributed by atoms with Gasteiger partial charge >= 0.3 is 6.18 Å². The molecule has 1 saturated carbocycles. The van der Waals surface area contributed by atoms with Crippen molar-refractivity contribution in [1.82, 2.24) is 0 Å². The van der Waals surface area contributed by atoms with E-state index in [1.807, 2.05) is 28.5 Å². The van der Waals surface area contributed by atoms with Gasteiger partial charge in [0.05, 0.1) is 23.2 Å². The average molecular weight is 456 g/mol. The molecule has 2 aromatic carbocycles. The first-order valence-electron chi connectivity index (χ1n) is 10.0. The third-order valence-electron chi connectivity index (χ3n) is 5.95. The van der Waals surface area contributed by atoms with Gasteiger partial charge in [-0.3, -0.25) is 10.2 Å². The highest BCUT2D eigenvalue weighted by molar-refractivity contribution is 7.14. The number of halogens is 3. The van der Waals surface area contributed by atoms with Crippen LogP contribution in [0.25, 0.3) is 0 Å². The molecule has 1 amide bonds. The number of amidine groups is 1. The summed E-state index contributed by atoms with van der Waals surface area (Å²) >= 11 is 1.56. The quantitative estimate of drug-likeness (QED) is 0.475. The SMILES string of the molecule is N=C1c2ccsc2NCN1c1ccc(NC(=O)C2(c3cccc(C(F)(F)F)c3)CC2)cc1. The molecule has 0 unspecified atom stereocenters. The number of fused-ring (bicyclic) bond motifs is 1. The number of alkyl halides is 3. The number of hydrogen-bond acceptors (Lipinski definition) is 4. The van der Waals surface area contributed by atoms with Crippen molar-refractivity contribution < 1.29 is 18.0 Å². The number of carbonyl (C=O) groups excluding carboxylic acids is 1. The van der Waals surface area contributed by atoms with Crippen molar-refractivity contribution in [3.63, 3.8) is 0 Å². The highest BCUT2D eigenvalue weighted by atomic mass is 32.1. The standard InChI is InChI=1S/C23H19F3N4OS/c24-23(25,26)15-3-1-2-14(12-15)22(9-10-22)21(31)29-16-4-6-17(7-5-16)30-13-28-20-18(19(30)27)8-11-32-20/h1-8,11-12,27-28H,9-10,13H2,(H,29,31). The van der Waals surface area contributed by atoms with E-state index in [1.54, 1.807) is 29.5 Å². The van der Waals surface area contributed by atoms with E-state index in [-0.39, 0.29) is 5.91 Å². The Labute approximate surface area is 186 Å². The van der Waals surface area contributed by atoms with Crippen LogP contribution in [0.15, 0.2) is 60.0 Å². The molecule has 0 radical (unpaired) electrons. The van der Waals surface area contributed by atoms with Crippen molar-refractivity contribution in [2.24, 2.45) is 0 Å². The zero-order valence-corrected chi connectivity index (χ0v) is 17.6. The molecule has 0 spiro atoms. The van der Waals surface area contributed by atoms with Gasteiger partial charge in [0.25, 0.3) is 0 Å². The molecule has 5 nitrogen and oxygen atoms in total. The summed E-state index contributed by atoms with van der Waals surface area (Å²) in [5, 5.41) is 17.5. The molecule has 2 heterocycles. The molecule has 0 bridgehead atoms. The van der Waals surface area contributed by atoms with Gasteiger partial charge in [0, 0.05) is 11.4 Å². The van der Waals surface area contributed by atoms with Gasteiger partial charge in [-0.25, -0.2) is 0 Å². The summed E-state index contributed by atoms with van der Waals surface area (Å²) in [6.45, 7) is 0.469. The van der Waals surface area contributed by atoms with Crippen LogP contribution in [0, 0.1) is 5.41 Å². The van der Waals surface area contributed by atoms with Gasteiger partial charge in [-0.1, -0.05) is 18.2 Å². The summed E-state index contributed by atoms with van der Waals surface area (Å²) in [4.78, 5) is 14.8. The number of anilines is 3. The van der Waals surface area contributed by atoms with Gasteiger partial charge in [0.2, 0.25) is 5.91 Å². The smallest absolute Gasteiger partial charge is 0.359 e. The van der Waals surface area contributed by atoms with Crippen LogP contribution in [0.4, 0.5) is 29.5 Å². The zero-order chi connectivity index (χ0) is 22.5. The summed E-state index contributed by atoms with van der Waals surface area (Å²) in [6, 6.07) is 14.0. The Hall–Kier alpha value is -3.33. The number of carbonyl (C=O) groups is 1. The molecule has 1 aromatic heterocycles. The topological polar surface area (TPSA) is 68.2 Å². The maximum atomic E-state index is 13.1. The number of amides is 1. The fourth-order valence-electron chi connectivity index (χ4n) is 3.97. The van der Waals surface area contributed by atoms with Gasteiger partial charge in [-0.15, -0.1) is 11.3 Å². The number of rotatable bonds is 4. The van der Waals surface area contributed by atoms with Gasteiger partial charge in [-0.05, 0) is 60.2 Å². The number of hydrogen-bond donors (Lipinski definition) is 3. The summed E-state index contributed by atoms with van der Waals surface area (Å²) in [5.74, 6) is 0.0955. The number of nitrogens with zero attached hydrogens (tertiary/aromatic N) is 1. The van der Waals surface area contributed by atoms with E-state index < -0.39 is 17.2 Å². The Morgan fingerprint density at radius 2 is 1.88 bits per heavy atom. The number of nitrogens with one attached hydrogen (secondary N) is 3. The van der Waals surface area contributed by atoms with E-state index >= 15 is 0 Å². The van der Waals surface area contributed by atoms with Gasteiger partial charge in [0.1, 0.15) is 10.8 Å². The van der Waals surface area contributed by atoms with Gasteiger partial charge < -0.3 is 15.5 Å². The van der Waals surface area contributed by atoms with Crippen molar-refractivity contribution in [3.8, 4) is 0 Å². The lowest BCUT2D eigenvalue weighted by molar-refractivity contribution is -0.137. The molecule has 0 saturated heterocycles. The lowest BCUT2D eigenvalue weighted by Crippen LogP contribution is -2.39. The minimum Gasteiger partial charge on any atom is -0.359 e. The normalized spacial score (nSPS) is 16.8. The zero-order valence-electron chi connectivity index (χ0n) is 16.8. The minimum atomic E-state index is -4.45. The van der Waals surface area contributed by atoms with E-state index in [1.165, 1.54) is 6.07 Å². The first kappa shape index (κ1) is 20.6. The Morgan fingerprint density at radius 1 is 1.12 bits per heavy atom. The summed E-state index contributed by atoms with van der Waals surface area (Å²) in [6.07, 6.45) is -3.42. The summed E-state index contributed by atoms with van der Waals surface area (Å²) in [7, 11) is 0. The third-order valence-corrected chi connectivity index (χ3v) is 6.82. The van der Waals surface area contributed by atoms with E-state index in [9.17, 15) is 18.0 Å². The van der Waals surface area contributed by atoms with Crippen LogP contribution in [0.3, 0.4) is 0 Å². The molecule has 1 aliphatic carbocycles. The van der Waals surface area contributed by atoms with E-state index in [4.69, 9.17) is 5.41 Å². The Bertz CT molecular complexity index is 1200. The van der Waals surface area contributed by atoms with Crippen LogP contribution in [0.1, 0.15) is 29.5 Å². The Balaban J connectivity index is 1.31. The maximum absolute atomic E-state index is 13.1. The van der Waals surface area contributed by atoms with Crippen LogP contribution in [0.2, 0.25) is 0 Å². The minimum absolute atomic E-state index is 0.306. The average Bonchev–Trinajstić information content (AvgIpc) is 3.45. The second-order valence-electron chi connectivity index (χ2n) is 7.94. The predicted octanol–water partition coefficient (Wildman–Crippen LogP) is 5.65. The molecular weight excluding hydrogens is 437 g/mol. The molecule has 1 aliphatic heterocycles. The third kappa shape index (κ3) is 3.52. The van der Waals surface area contributed by atoms with Crippen LogP contribution < -0.4 is 15.5 Å².